The molecule has 0 aliphatic rings. The van der Waals surface area contributed by atoms with Gasteiger partial charge in [-0.1, -0.05) is 35.0 Å². The van der Waals surface area contributed by atoms with Crippen molar-refractivity contribution in [1.82, 2.24) is 10.1 Å². The molecular formula is C12H15N3O2. The molecule has 3 N–H and O–H groups in total. The molecule has 0 fully saturated rings. The number of aliphatic hydroxyl groups is 1. The van der Waals surface area contributed by atoms with Gasteiger partial charge >= 0.3 is 0 Å². The summed E-state index contributed by atoms with van der Waals surface area (Å²) in [5, 5.41) is 12.7. The zero-order valence-electron chi connectivity index (χ0n) is 9.63. The van der Waals surface area contributed by atoms with Crippen LogP contribution < -0.4 is 5.73 Å². The molecule has 0 bridgehead atoms. The molecule has 0 unspecified atom stereocenters. The first-order valence-corrected chi connectivity index (χ1v) is 5.43. The van der Waals surface area contributed by atoms with Crippen LogP contribution in [-0.2, 0) is 6.42 Å². The second-order valence-corrected chi connectivity index (χ2v) is 4.00. The summed E-state index contributed by atoms with van der Waals surface area (Å²) in [5.74, 6) is 0.849. The standard InChI is InChI=1S/C12H15N3O2/c1-8-2-4-9(5-3-8)6-11-14-12(17-15-11)10(13)7-16/h2-5,10,16H,6-7,13H2,1H3/t10-/m1/s1. The molecule has 0 spiro atoms. The molecule has 90 valence electrons. The molecule has 0 aliphatic carbocycles. The van der Waals surface area contributed by atoms with Gasteiger partial charge in [-0.15, -0.1) is 0 Å². The lowest BCUT2D eigenvalue weighted by Crippen LogP contribution is -2.14. The maximum absolute atomic E-state index is 8.86. The third-order valence-corrected chi connectivity index (χ3v) is 2.48. The van der Waals surface area contributed by atoms with Gasteiger partial charge in [-0.3, -0.25) is 0 Å². The summed E-state index contributed by atoms with van der Waals surface area (Å²) in [5.41, 5.74) is 7.90. The average molecular weight is 233 g/mol. The molecule has 1 atom stereocenters. The van der Waals surface area contributed by atoms with E-state index < -0.39 is 6.04 Å². The van der Waals surface area contributed by atoms with Gasteiger partial charge in [0.15, 0.2) is 5.82 Å². The molecule has 2 aromatic rings. The van der Waals surface area contributed by atoms with Crippen LogP contribution in [0.4, 0.5) is 0 Å². The summed E-state index contributed by atoms with van der Waals surface area (Å²) in [4.78, 5) is 4.14. The number of nitrogens with two attached hydrogens (primary N) is 1. The van der Waals surface area contributed by atoms with E-state index in [0.717, 1.165) is 5.56 Å². The molecule has 0 saturated heterocycles. The molecule has 0 saturated carbocycles. The highest BCUT2D eigenvalue weighted by Crippen LogP contribution is 2.11. The van der Waals surface area contributed by atoms with Crippen molar-refractivity contribution in [3.63, 3.8) is 0 Å². The van der Waals surface area contributed by atoms with Gasteiger partial charge in [0.1, 0.15) is 6.04 Å². The normalized spacial score (nSPS) is 12.6. The largest absolute Gasteiger partial charge is 0.394 e. The SMILES string of the molecule is Cc1ccc(Cc2noc([C@H](N)CO)n2)cc1. The zero-order valence-corrected chi connectivity index (χ0v) is 9.63. The second kappa shape index (κ2) is 5.07. The average Bonchev–Trinajstić information content (AvgIpc) is 2.80. The number of nitrogens with zero attached hydrogens (tertiary/aromatic N) is 2. The monoisotopic (exact) mass is 233 g/mol. The Labute approximate surface area is 99.3 Å². The molecule has 1 aromatic heterocycles. The van der Waals surface area contributed by atoms with E-state index in [0.29, 0.717) is 12.2 Å². The minimum absolute atomic E-state index is 0.202. The quantitative estimate of drug-likeness (QED) is 0.821. The lowest BCUT2D eigenvalue weighted by molar-refractivity contribution is 0.236. The number of benzene rings is 1. The van der Waals surface area contributed by atoms with Crippen LogP contribution in [0.2, 0.25) is 0 Å². The van der Waals surface area contributed by atoms with Gasteiger partial charge in [-0.05, 0) is 12.5 Å². The molecule has 1 aromatic carbocycles. The van der Waals surface area contributed by atoms with E-state index in [2.05, 4.69) is 10.1 Å². The lowest BCUT2D eigenvalue weighted by atomic mass is 10.1. The fraction of sp³-hybridized carbons (Fsp3) is 0.333. The van der Waals surface area contributed by atoms with E-state index in [1.165, 1.54) is 5.56 Å². The van der Waals surface area contributed by atoms with Crippen LogP contribution in [-0.4, -0.2) is 21.9 Å². The molecule has 1 heterocycles. The molecule has 5 nitrogen and oxygen atoms in total. The van der Waals surface area contributed by atoms with Crippen LogP contribution in [0.15, 0.2) is 28.8 Å². The number of aliphatic hydroxyl groups excluding tert-OH is 1. The van der Waals surface area contributed by atoms with E-state index in [-0.39, 0.29) is 12.5 Å². The molecule has 0 aliphatic heterocycles. The van der Waals surface area contributed by atoms with E-state index in [9.17, 15) is 0 Å². The first kappa shape index (κ1) is 11.8. The highest BCUT2D eigenvalue weighted by Gasteiger charge is 2.13. The summed E-state index contributed by atoms with van der Waals surface area (Å²) in [6, 6.07) is 7.52. The smallest absolute Gasteiger partial charge is 0.245 e. The predicted molar refractivity (Wildman–Crippen MR) is 62.3 cm³/mol. The number of rotatable bonds is 4. The lowest BCUT2D eigenvalue weighted by Gasteiger charge is -1.99. The fourth-order valence-corrected chi connectivity index (χ4v) is 1.46. The Bertz CT molecular complexity index is 479. The Hall–Kier alpha value is -1.72. The molecular weight excluding hydrogens is 218 g/mol. The summed E-state index contributed by atoms with van der Waals surface area (Å²) in [6.07, 6.45) is 0.599. The van der Waals surface area contributed by atoms with Crippen molar-refractivity contribution in [2.45, 2.75) is 19.4 Å². The van der Waals surface area contributed by atoms with Crippen LogP contribution in [0.1, 0.15) is 28.9 Å². The Morgan fingerprint density at radius 1 is 1.35 bits per heavy atom. The molecule has 0 radical (unpaired) electrons. The summed E-state index contributed by atoms with van der Waals surface area (Å²) in [7, 11) is 0. The van der Waals surface area contributed by atoms with Gasteiger partial charge in [0.2, 0.25) is 5.89 Å². The van der Waals surface area contributed by atoms with Crippen molar-refractivity contribution in [2.24, 2.45) is 5.73 Å². The first-order chi connectivity index (χ1) is 8.19. The van der Waals surface area contributed by atoms with Gasteiger partial charge in [0.05, 0.1) is 6.61 Å². The Kier molecular flexibility index (Phi) is 3.51. The molecule has 17 heavy (non-hydrogen) atoms. The van der Waals surface area contributed by atoms with E-state index in [1.807, 2.05) is 31.2 Å². The van der Waals surface area contributed by atoms with Crippen LogP contribution in [0.5, 0.6) is 0 Å². The maximum atomic E-state index is 8.86. The topological polar surface area (TPSA) is 85.2 Å². The minimum Gasteiger partial charge on any atom is -0.394 e. The third-order valence-electron chi connectivity index (χ3n) is 2.48. The number of aryl methyl sites for hydroxylation is 1. The van der Waals surface area contributed by atoms with Crippen molar-refractivity contribution < 1.29 is 9.63 Å². The van der Waals surface area contributed by atoms with Crippen LogP contribution >= 0.6 is 0 Å². The number of hydrogen-bond donors (Lipinski definition) is 2. The van der Waals surface area contributed by atoms with E-state index in [1.54, 1.807) is 0 Å². The van der Waals surface area contributed by atoms with Gasteiger partial charge in [0, 0.05) is 6.42 Å². The highest BCUT2D eigenvalue weighted by molar-refractivity contribution is 5.23. The van der Waals surface area contributed by atoms with Crippen LogP contribution in [0, 0.1) is 6.92 Å². The van der Waals surface area contributed by atoms with E-state index in [4.69, 9.17) is 15.4 Å². The van der Waals surface area contributed by atoms with Gasteiger partial charge in [-0.25, -0.2) is 0 Å². The Morgan fingerprint density at radius 2 is 2.06 bits per heavy atom. The van der Waals surface area contributed by atoms with Gasteiger partial charge in [0.25, 0.3) is 0 Å². The van der Waals surface area contributed by atoms with Crippen molar-refractivity contribution in [3.8, 4) is 0 Å². The van der Waals surface area contributed by atoms with Crippen LogP contribution in [0.3, 0.4) is 0 Å². The predicted octanol–water partition coefficient (Wildman–Crippen LogP) is 0.961. The zero-order chi connectivity index (χ0) is 12.3. The van der Waals surface area contributed by atoms with Crippen molar-refractivity contribution in [1.29, 1.82) is 0 Å². The third kappa shape index (κ3) is 2.89. The Morgan fingerprint density at radius 3 is 2.71 bits per heavy atom. The second-order valence-electron chi connectivity index (χ2n) is 4.00. The van der Waals surface area contributed by atoms with Crippen molar-refractivity contribution >= 4 is 0 Å². The van der Waals surface area contributed by atoms with Gasteiger partial charge < -0.3 is 15.4 Å². The first-order valence-electron chi connectivity index (χ1n) is 5.43. The summed E-state index contributed by atoms with van der Waals surface area (Å²) in [6.45, 7) is 1.84. The molecule has 2 rings (SSSR count). The van der Waals surface area contributed by atoms with Gasteiger partial charge in [-0.2, -0.15) is 4.98 Å². The van der Waals surface area contributed by atoms with Crippen LogP contribution in [0.25, 0.3) is 0 Å². The summed E-state index contributed by atoms with van der Waals surface area (Å²) < 4.78 is 4.97. The maximum Gasteiger partial charge on any atom is 0.245 e. The molecule has 0 amide bonds. The summed E-state index contributed by atoms with van der Waals surface area (Å²) >= 11 is 0. The minimum atomic E-state index is -0.603. The van der Waals surface area contributed by atoms with Crippen molar-refractivity contribution in [2.75, 3.05) is 6.61 Å². The van der Waals surface area contributed by atoms with Crippen molar-refractivity contribution in [3.05, 3.63) is 47.1 Å². The Balaban J connectivity index is 2.08. The number of aromatic nitrogens is 2. The number of hydrogen-bond acceptors (Lipinski definition) is 5. The highest BCUT2D eigenvalue weighted by atomic mass is 16.5. The van der Waals surface area contributed by atoms with E-state index >= 15 is 0 Å². The fourth-order valence-electron chi connectivity index (χ4n) is 1.46. The molecule has 5 heteroatoms.